The zero-order valence-electron chi connectivity index (χ0n) is 14.9. The van der Waals surface area contributed by atoms with Crippen LogP contribution >= 0.6 is 11.3 Å². The van der Waals surface area contributed by atoms with E-state index in [9.17, 15) is 13.2 Å². The van der Waals surface area contributed by atoms with Gasteiger partial charge in [-0.1, -0.05) is 22.6 Å². The van der Waals surface area contributed by atoms with Crippen molar-refractivity contribution in [3.05, 3.63) is 35.7 Å². The number of para-hydroxylation sites is 1. The Labute approximate surface area is 160 Å². The van der Waals surface area contributed by atoms with Crippen molar-refractivity contribution in [2.75, 3.05) is 37.3 Å². The summed E-state index contributed by atoms with van der Waals surface area (Å²) in [4.78, 5) is 21.1. The molecule has 0 N–H and O–H groups in total. The fraction of sp³-hybridized carbons (Fsp3) is 0.353. The molecule has 1 amide bonds. The summed E-state index contributed by atoms with van der Waals surface area (Å²) >= 11 is 1.46. The highest BCUT2D eigenvalue weighted by molar-refractivity contribution is 7.91. The normalized spacial score (nSPS) is 15.5. The summed E-state index contributed by atoms with van der Waals surface area (Å²) in [6.45, 7) is 4.08. The summed E-state index contributed by atoms with van der Waals surface area (Å²) < 4.78 is 29.8. The highest BCUT2D eigenvalue weighted by Crippen LogP contribution is 2.33. The molecule has 142 valence electrons. The second-order valence-electron chi connectivity index (χ2n) is 6.47. The van der Waals surface area contributed by atoms with Gasteiger partial charge in [-0.3, -0.25) is 4.79 Å². The van der Waals surface area contributed by atoms with Crippen LogP contribution in [0.15, 0.2) is 33.7 Å². The predicted molar refractivity (Wildman–Crippen MR) is 102 cm³/mol. The monoisotopic (exact) mass is 406 g/mol. The number of hydrogen-bond acceptors (Lipinski definition) is 8. The highest BCUT2D eigenvalue weighted by atomic mass is 32.2. The second-order valence-corrected chi connectivity index (χ2v) is 9.47. The molecule has 1 aliphatic rings. The van der Waals surface area contributed by atoms with Crippen LogP contribution in [0.3, 0.4) is 0 Å². The molecule has 8 nitrogen and oxygen atoms in total. The molecule has 0 atom stereocenters. The predicted octanol–water partition coefficient (Wildman–Crippen LogP) is 1.96. The van der Waals surface area contributed by atoms with Crippen molar-refractivity contribution < 1.29 is 17.7 Å². The number of rotatable bonds is 3. The molecule has 0 spiro atoms. The number of thiazole rings is 1. The van der Waals surface area contributed by atoms with Crippen LogP contribution in [0.2, 0.25) is 0 Å². The molecule has 0 saturated carbocycles. The van der Waals surface area contributed by atoms with Crippen molar-refractivity contribution in [2.24, 2.45) is 0 Å². The van der Waals surface area contributed by atoms with E-state index in [0.29, 0.717) is 43.1 Å². The van der Waals surface area contributed by atoms with Gasteiger partial charge in [0.05, 0.1) is 9.60 Å². The number of aromatic nitrogens is 2. The van der Waals surface area contributed by atoms with E-state index in [0.717, 1.165) is 9.83 Å². The van der Waals surface area contributed by atoms with Crippen LogP contribution < -0.4 is 4.90 Å². The lowest BCUT2D eigenvalue weighted by Gasteiger charge is -2.34. The first-order chi connectivity index (χ1) is 12.8. The summed E-state index contributed by atoms with van der Waals surface area (Å²) in [6, 6.07) is 6.82. The average Bonchev–Trinajstić information content (AvgIpc) is 3.26. The van der Waals surface area contributed by atoms with Gasteiger partial charge in [0.1, 0.15) is 11.3 Å². The van der Waals surface area contributed by atoms with E-state index >= 15 is 0 Å². The fourth-order valence-corrected chi connectivity index (χ4v) is 5.02. The molecule has 1 saturated heterocycles. The molecule has 3 aromatic rings. The lowest BCUT2D eigenvalue weighted by atomic mass is 10.3. The van der Waals surface area contributed by atoms with Gasteiger partial charge in [0.15, 0.2) is 20.7 Å². The van der Waals surface area contributed by atoms with Crippen LogP contribution in [0.1, 0.15) is 16.2 Å². The van der Waals surface area contributed by atoms with E-state index in [4.69, 9.17) is 4.52 Å². The first-order valence-electron chi connectivity index (χ1n) is 8.40. The number of aryl methyl sites for hydroxylation is 1. The Kier molecular flexibility index (Phi) is 4.39. The molecule has 1 aromatic carbocycles. The third-order valence-electron chi connectivity index (χ3n) is 4.45. The maximum atomic E-state index is 12.5. The zero-order valence-corrected chi connectivity index (χ0v) is 16.5. The van der Waals surface area contributed by atoms with Crippen molar-refractivity contribution in [3.63, 3.8) is 0 Å². The summed E-state index contributed by atoms with van der Waals surface area (Å²) in [6.07, 6.45) is 1.19. The van der Waals surface area contributed by atoms with Crippen molar-refractivity contribution in [3.8, 4) is 0 Å². The number of carbonyl (C=O) groups is 1. The zero-order chi connectivity index (χ0) is 19.2. The van der Waals surface area contributed by atoms with Gasteiger partial charge in [-0.15, -0.1) is 0 Å². The molecular formula is C17H18N4O4S2. The number of piperazine rings is 1. The van der Waals surface area contributed by atoms with E-state index in [1.165, 1.54) is 17.6 Å². The Hall–Kier alpha value is -2.46. The Bertz CT molecular complexity index is 1110. The number of nitrogens with zero attached hydrogens (tertiary/aromatic N) is 4. The van der Waals surface area contributed by atoms with Crippen molar-refractivity contribution >= 4 is 42.4 Å². The fourth-order valence-electron chi connectivity index (χ4n) is 3.08. The van der Waals surface area contributed by atoms with Crippen molar-refractivity contribution in [1.29, 1.82) is 0 Å². The number of carbonyl (C=O) groups excluding carboxylic acids is 1. The summed E-state index contributed by atoms with van der Waals surface area (Å²) in [7, 11) is -3.34. The molecule has 0 bridgehead atoms. The lowest BCUT2D eigenvalue weighted by Crippen LogP contribution is -2.48. The Balaban J connectivity index is 1.52. The third kappa shape index (κ3) is 3.42. The van der Waals surface area contributed by atoms with Crippen LogP contribution in [0.5, 0.6) is 0 Å². The maximum Gasteiger partial charge on any atom is 0.276 e. The average molecular weight is 406 g/mol. The largest absolute Gasteiger partial charge is 0.361 e. The molecule has 4 rings (SSSR count). The smallest absolute Gasteiger partial charge is 0.276 e. The third-order valence-corrected chi connectivity index (χ3v) is 6.66. The van der Waals surface area contributed by atoms with Gasteiger partial charge in [-0.2, -0.15) is 0 Å². The van der Waals surface area contributed by atoms with E-state index in [-0.39, 0.29) is 10.8 Å². The molecule has 0 aliphatic carbocycles. The minimum absolute atomic E-state index is 0.143. The van der Waals surface area contributed by atoms with Crippen molar-refractivity contribution in [1.82, 2.24) is 15.0 Å². The van der Waals surface area contributed by atoms with Crippen LogP contribution in [0.25, 0.3) is 10.2 Å². The van der Waals surface area contributed by atoms with Crippen LogP contribution in [-0.2, 0) is 9.84 Å². The lowest BCUT2D eigenvalue weighted by molar-refractivity contribution is 0.0736. The van der Waals surface area contributed by atoms with Gasteiger partial charge in [-0.05, 0) is 19.1 Å². The molecule has 1 aliphatic heterocycles. The Morgan fingerprint density at radius 1 is 1.22 bits per heavy atom. The van der Waals surface area contributed by atoms with Gasteiger partial charge in [-0.25, -0.2) is 13.4 Å². The quantitative estimate of drug-likeness (QED) is 0.656. The standard InChI is InChI=1S/C17H18N4O4S2/c1-11-10-12(19-25-11)16(22)20-6-8-21(9-7-20)17-18-15-13(26-17)4-3-5-14(15)27(2,23)24/h3-5,10H,6-9H2,1-2H3. The number of anilines is 1. The minimum atomic E-state index is -3.34. The van der Waals surface area contributed by atoms with Crippen LogP contribution in [-0.4, -0.2) is 61.8 Å². The number of fused-ring (bicyclic) bond motifs is 1. The summed E-state index contributed by atoms with van der Waals surface area (Å²) in [5, 5.41) is 4.55. The van der Waals surface area contributed by atoms with Crippen LogP contribution in [0.4, 0.5) is 5.13 Å². The topological polar surface area (TPSA) is 96.6 Å². The van der Waals surface area contributed by atoms with Gasteiger partial charge in [0.2, 0.25) is 0 Å². The number of benzene rings is 1. The molecule has 0 unspecified atom stereocenters. The van der Waals surface area contributed by atoms with Gasteiger partial charge < -0.3 is 14.3 Å². The molecular weight excluding hydrogens is 388 g/mol. The van der Waals surface area contributed by atoms with Crippen LogP contribution in [0, 0.1) is 6.92 Å². The molecule has 3 heterocycles. The highest BCUT2D eigenvalue weighted by Gasteiger charge is 2.26. The van der Waals surface area contributed by atoms with Gasteiger partial charge in [0.25, 0.3) is 5.91 Å². The van der Waals surface area contributed by atoms with E-state index in [1.807, 2.05) is 6.07 Å². The van der Waals surface area contributed by atoms with E-state index < -0.39 is 9.84 Å². The summed E-state index contributed by atoms with van der Waals surface area (Å²) in [5.41, 5.74) is 0.829. The Morgan fingerprint density at radius 2 is 1.96 bits per heavy atom. The van der Waals surface area contributed by atoms with Gasteiger partial charge in [0, 0.05) is 38.5 Å². The van der Waals surface area contributed by atoms with Gasteiger partial charge >= 0.3 is 0 Å². The van der Waals surface area contributed by atoms with Crippen molar-refractivity contribution in [2.45, 2.75) is 11.8 Å². The number of amides is 1. The van der Waals surface area contributed by atoms with E-state index in [1.54, 1.807) is 30.0 Å². The SMILES string of the molecule is Cc1cc(C(=O)N2CCN(c3nc4c(S(C)(=O)=O)cccc4s3)CC2)no1. The first-order valence-corrected chi connectivity index (χ1v) is 11.1. The Morgan fingerprint density at radius 3 is 2.59 bits per heavy atom. The second kappa shape index (κ2) is 6.61. The molecule has 2 aromatic heterocycles. The molecule has 10 heteroatoms. The number of sulfone groups is 1. The number of hydrogen-bond donors (Lipinski definition) is 0. The van der Waals surface area contributed by atoms with E-state index in [2.05, 4.69) is 15.0 Å². The molecule has 1 fully saturated rings. The first kappa shape index (κ1) is 17.9. The molecule has 27 heavy (non-hydrogen) atoms. The maximum absolute atomic E-state index is 12.5. The summed E-state index contributed by atoms with van der Waals surface area (Å²) in [5.74, 6) is 0.461. The molecule has 0 radical (unpaired) electrons. The minimum Gasteiger partial charge on any atom is -0.361 e.